The fourth-order valence-corrected chi connectivity index (χ4v) is 3.99. The Balaban J connectivity index is 2.01. The number of benzene rings is 1. The predicted octanol–water partition coefficient (Wildman–Crippen LogP) is 3.44. The molecule has 152 valence electrons. The van der Waals surface area contributed by atoms with Crippen molar-refractivity contribution in [1.29, 1.82) is 0 Å². The lowest BCUT2D eigenvalue weighted by atomic mass is 9.83. The highest BCUT2D eigenvalue weighted by Gasteiger charge is 2.33. The average Bonchev–Trinajstić information content (AvgIpc) is 3.14. The number of nitrogens with zero attached hydrogens (tertiary/aromatic N) is 2. The zero-order chi connectivity index (χ0) is 19.5. The standard InChI is InChI=1S/C22H38N4O/c1-5-23-21(25-18-22(15-16-27-4)13-9-10-14-22)24-17-20(26(2)3)19-11-7-6-8-12-19/h6-8,11-12,20H,5,9-10,13-18H2,1-4H3,(H2,23,24,25). The van der Waals surface area contributed by atoms with Crippen LogP contribution in [0.3, 0.4) is 0 Å². The van der Waals surface area contributed by atoms with E-state index in [4.69, 9.17) is 9.73 Å². The summed E-state index contributed by atoms with van der Waals surface area (Å²) in [7, 11) is 6.05. The molecule has 0 heterocycles. The maximum atomic E-state index is 5.35. The summed E-state index contributed by atoms with van der Waals surface area (Å²) in [5.41, 5.74) is 1.64. The second-order valence-corrected chi connectivity index (χ2v) is 7.92. The number of nitrogens with one attached hydrogen (secondary N) is 2. The van der Waals surface area contributed by atoms with Gasteiger partial charge in [-0.15, -0.1) is 0 Å². The zero-order valence-electron chi connectivity index (χ0n) is 17.6. The molecule has 1 atom stereocenters. The van der Waals surface area contributed by atoms with Crippen molar-refractivity contribution in [3.05, 3.63) is 35.9 Å². The van der Waals surface area contributed by atoms with Crippen LogP contribution in [-0.4, -0.2) is 58.3 Å². The molecule has 1 fully saturated rings. The van der Waals surface area contributed by atoms with E-state index in [1.54, 1.807) is 7.11 Å². The molecule has 1 aliphatic carbocycles. The van der Waals surface area contributed by atoms with Crippen LogP contribution in [0.2, 0.25) is 0 Å². The minimum absolute atomic E-state index is 0.309. The highest BCUT2D eigenvalue weighted by atomic mass is 16.5. The van der Waals surface area contributed by atoms with Crippen molar-refractivity contribution in [3.63, 3.8) is 0 Å². The highest BCUT2D eigenvalue weighted by molar-refractivity contribution is 5.79. The SMILES string of the molecule is CCNC(=NCC1(CCOC)CCCC1)NCC(c1ccccc1)N(C)C. The van der Waals surface area contributed by atoms with Crippen LogP contribution >= 0.6 is 0 Å². The molecule has 0 amide bonds. The number of aliphatic imine (C=N–C) groups is 1. The first-order valence-corrected chi connectivity index (χ1v) is 10.3. The van der Waals surface area contributed by atoms with E-state index in [1.165, 1.54) is 31.2 Å². The van der Waals surface area contributed by atoms with Gasteiger partial charge in [-0.1, -0.05) is 43.2 Å². The fraction of sp³-hybridized carbons (Fsp3) is 0.682. The van der Waals surface area contributed by atoms with E-state index < -0.39 is 0 Å². The summed E-state index contributed by atoms with van der Waals surface area (Å²) in [4.78, 5) is 7.22. The Bertz CT molecular complexity index is 553. The largest absolute Gasteiger partial charge is 0.385 e. The average molecular weight is 375 g/mol. The third kappa shape index (κ3) is 6.82. The molecule has 0 radical (unpaired) electrons. The Morgan fingerprint density at radius 3 is 2.48 bits per heavy atom. The van der Waals surface area contributed by atoms with E-state index in [1.807, 2.05) is 0 Å². The van der Waals surface area contributed by atoms with Crippen molar-refractivity contribution in [1.82, 2.24) is 15.5 Å². The van der Waals surface area contributed by atoms with Crippen LogP contribution in [0.25, 0.3) is 0 Å². The molecule has 1 aromatic carbocycles. The number of methoxy groups -OCH3 is 1. The minimum Gasteiger partial charge on any atom is -0.385 e. The van der Waals surface area contributed by atoms with E-state index in [-0.39, 0.29) is 0 Å². The lowest BCUT2D eigenvalue weighted by molar-refractivity contribution is 0.141. The van der Waals surface area contributed by atoms with Gasteiger partial charge in [0, 0.05) is 33.4 Å². The van der Waals surface area contributed by atoms with Crippen molar-refractivity contribution < 1.29 is 4.74 Å². The summed E-state index contributed by atoms with van der Waals surface area (Å²) in [6.45, 7) is 5.52. The minimum atomic E-state index is 0.309. The third-order valence-electron chi connectivity index (χ3n) is 5.69. The number of hydrogen-bond donors (Lipinski definition) is 2. The molecule has 0 saturated heterocycles. The molecule has 2 N–H and O–H groups in total. The summed E-state index contributed by atoms with van der Waals surface area (Å²) in [6.07, 6.45) is 6.28. The van der Waals surface area contributed by atoms with Crippen LogP contribution in [0.1, 0.15) is 50.6 Å². The molecule has 1 aromatic rings. The first-order chi connectivity index (χ1) is 13.1. The first-order valence-electron chi connectivity index (χ1n) is 10.3. The van der Waals surface area contributed by atoms with Crippen molar-refractivity contribution in [2.24, 2.45) is 10.4 Å². The quantitative estimate of drug-likeness (QED) is 0.486. The lowest BCUT2D eigenvalue weighted by Gasteiger charge is -2.28. The number of ether oxygens (including phenoxy) is 1. The summed E-state index contributed by atoms with van der Waals surface area (Å²) < 4.78 is 5.35. The van der Waals surface area contributed by atoms with E-state index in [0.717, 1.165) is 38.6 Å². The van der Waals surface area contributed by atoms with Crippen molar-refractivity contribution >= 4 is 5.96 Å². The molecule has 1 saturated carbocycles. The molecule has 1 unspecified atom stereocenters. The first kappa shape index (κ1) is 21.7. The predicted molar refractivity (Wildman–Crippen MR) is 114 cm³/mol. The van der Waals surface area contributed by atoms with E-state index in [9.17, 15) is 0 Å². The monoisotopic (exact) mass is 374 g/mol. The van der Waals surface area contributed by atoms with Crippen molar-refractivity contribution in [2.45, 2.75) is 45.1 Å². The maximum absolute atomic E-state index is 5.35. The number of rotatable bonds is 10. The van der Waals surface area contributed by atoms with Gasteiger partial charge in [0.25, 0.3) is 0 Å². The van der Waals surface area contributed by atoms with Crippen LogP contribution in [0.5, 0.6) is 0 Å². The Morgan fingerprint density at radius 2 is 1.89 bits per heavy atom. The Kier molecular flexibility index (Phi) is 9.08. The molecule has 0 aliphatic heterocycles. The maximum Gasteiger partial charge on any atom is 0.191 e. The van der Waals surface area contributed by atoms with Crippen LogP contribution in [0, 0.1) is 5.41 Å². The van der Waals surface area contributed by atoms with Crippen LogP contribution < -0.4 is 10.6 Å². The molecule has 1 aliphatic rings. The smallest absolute Gasteiger partial charge is 0.191 e. The molecule has 27 heavy (non-hydrogen) atoms. The van der Waals surface area contributed by atoms with Gasteiger partial charge in [0.2, 0.25) is 0 Å². The topological polar surface area (TPSA) is 48.9 Å². The van der Waals surface area contributed by atoms with Gasteiger partial charge in [-0.3, -0.25) is 4.99 Å². The van der Waals surface area contributed by atoms with Gasteiger partial charge in [-0.2, -0.15) is 0 Å². The van der Waals surface area contributed by atoms with Gasteiger partial charge in [0.1, 0.15) is 0 Å². The van der Waals surface area contributed by atoms with Crippen molar-refractivity contribution in [2.75, 3.05) is 47.4 Å². The van der Waals surface area contributed by atoms with Gasteiger partial charge in [-0.05, 0) is 51.3 Å². The Labute approximate surface area is 165 Å². The van der Waals surface area contributed by atoms with Crippen LogP contribution in [-0.2, 0) is 4.74 Å². The van der Waals surface area contributed by atoms with Crippen LogP contribution in [0.15, 0.2) is 35.3 Å². The number of guanidine groups is 1. The fourth-order valence-electron chi connectivity index (χ4n) is 3.99. The number of hydrogen-bond acceptors (Lipinski definition) is 3. The molecular formula is C22H38N4O. The summed E-state index contributed by atoms with van der Waals surface area (Å²) in [5, 5.41) is 6.98. The molecule has 2 rings (SSSR count). The van der Waals surface area contributed by atoms with E-state index in [0.29, 0.717) is 11.5 Å². The molecule has 0 aromatic heterocycles. The Morgan fingerprint density at radius 1 is 1.19 bits per heavy atom. The van der Waals surface area contributed by atoms with Crippen molar-refractivity contribution in [3.8, 4) is 0 Å². The number of likely N-dealkylation sites (N-methyl/N-ethyl adjacent to an activating group) is 1. The molecule has 0 bridgehead atoms. The van der Waals surface area contributed by atoms with E-state index in [2.05, 4.69) is 66.9 Å². The normalized spacial score (nSPS) is 17.9. The lowest BCUT2D eigenvalue weighted by Crippen LogP contribution is -2.42. The second-order valence-electron chi connectivity index (χ2n) is 7.92. The van der Waals surface area contributed by atoms with Gasteiger partial charge in [0.05, 0.1) is 6.04 Å². The molecular weight excluding hydrogens is 336 g/mol. The summed E-state index contributed by atoms with van der Waals surface area (Å²) in [6, 6.07) is 11.0. The van der Waals surface area contributed by atoms with Gasteiger partial charge >= 0.3 is 0 Å². The third-order valence-corrected chi connectivity index (χ3v) is 5.69. The van der Waals surface area contributed by atoms with Gasteiger partial charge in [-0.25, -0.2) is 0 Å². The molecule has 5 nitrogen and oxygen atoms in total. The highest BCUT2D eigenvalue weighted by Crippen LogP contribution is 2.41. The molecule has 5 heteroatoms. The zero-order valence-corrected chi connectivity index (χ0v) is 17.6. The van der Waals surface area contributed by atoms with Gasteiger partial charge in [0.15, 0.2) is 5.96 Å². The van der Waals surface area contributed by atoms with E-state index >= 15 is 0 Å². The van der Waals surface area contributed by atoms with Crippen LogP contribution in [0.4, 0.5) is 0 Å². The van der Waals surface area contributed by atoms with Gasteiger partial charge < -0.3 is 20.3 Å². The molecule has 0 spiro atoms. The summed E-state index contributed by atoms with van der Waals surface area (Å²) >= 11 is 0. The summed E-state index contributed by atoms with van der Waals surface area (Å²) in [5.74, 6) is 0.920. The second kappa shape index (κ2) is 11.3. The Hall–Kier alpha value is -1.59.